The molecule has 0 aromatic rings. The summed E-state index contributed by atoms with van der Waals surface area (Å²) in [6.45, 7) is 3.55. The zero-order valence-corrected chi connectivity index (χ0v) is 6.44. The summed E-state index contributed by atoms with van der Waals surface area (Å²) in [5, 5.41) is 10.6. The second-order valence-electron chi connectivity index (χ2n) is 1.38. The number of amides is 1. The van der Waals surface area contributed by atoms with Gasteiger partial charge in [-0.1, -0.05) is 6.58 Å². The van der Waals surface area contributed by atoms with Gasteiger partial charge in [0.1, 0.15) is 0 Å². The Morgan fingerprint density at radius 3 is 2.67 bits per heavy atom. The van der Waals surface area contributed by atoms with Crippen LogP contribution in [0.1, 0.15) is 0 Å². The normalized spacial score (nSPS) is 8.67. The van der Waals surface area contributed by atoms with E-state index in [9.17, 15) is 4.79 Å². The number of carbonyl (C=O) groups excluding carboxylic acids is 1. The van der Waals surface area contributed by atoms with E-state index in [0.29, 0.717) is 0 Å². The van der Waals surface area contributed by atoms with Crippen LogP contribution in [0.4, 0.5) is 0 Å². The minimum absolute atomic E-state index is 0.0496. The van der Waals surface area contributed by atoms with E-state index < -0.39 is 0 Å². The number of aliphatic hydroxyl groups is 1. The van der Waals surface area contributed by atoms with Crippen LogP contribution in [0.3, 0.4) is 0 Å². The summed E-state index contributed by atoms with van der Waals surface area (Å²) < 4.78 is 0.274. The van der Waals surface area contributed by atoms with Gasteiger partial charge in [-0.2, -0.15) is 0 Å². The van der Waals surface area contributed by atoms with E-state index in [-0.39, 0.29) is 23.5 Å². The monoisotopic (exact) mass is 193 g/mol. The first-order chi connectivity index (χ1) is 4.18. The molecule has 0 rings (SSSR count). The maximum atomic E-state index is 10.5. The Hall–Kier alpha value is -0.350. The summed E-state index contributed by atoms with van der Waals surface area (Å²) >= 11 is 2.88. The number of aliphatic hydroxyl groups excluding tert-OH is 1. The van der Waals surface area contributed by atoms with E-state index in [2.05, 4.69) is 27.8 Å². The molecule has 0 aliphatic heterocycles. The lowest BCUT2D eigenvalue weighted by molar-refractivity contribution is -0.116. The van der Waals surface area contributed by atoms with Crippen molar-refractivity contribution in [2.24, 2.45) is 0 Å². The van der Waals surface area contributed by atoms with E-state index in [1.54, 1.807) is 0 Å². The maximum absolute atomic E-state index is 10.5. The molecule has 0 aliphatic carbocycles. The average Bonchev–Trinajstić information content (AvgIpc) is 1.82. The van der Waals surface area contributed by atoms with Crippen LogP contribution in [-0.2, 0) is 4.79 Å². The van der Waals surface area contributed by atoms with Crippen LogP contribution < -0.4 is 5.32 Å². The Balaban J connectivity index is 3.39. The molecule has 0 unspecified atom stereocenters. The van der Waals surface area contributed by atoms with E-state index in [1.165, 1.54) is 0 Å². The van der Waals surface area contributed by atoms with Crippen LogP contribution in [0.5, 0.6) is 0 Å². The van der Waals surface area contributed by atoms with Crippen molar-refractivity contribution < 1.29 is 9.90 Å². The Labute approximate surface area is 61.9 Å². The predicted molar refractivity (Wildman–Crippen MR) is 38.2 cm³/mol. The van der Waals surface area contributed by atoms with Gasteiger partial charge in [0.05, 0.1) is 11.1 Å². The van der Waals surface area contributed by atoms with Gasteiger partial charge in [-0.3, -0.25) is 4.79 Å². The molecule has 0 atom stereocenters. The Kier molecular flexibility index (Phi) is 4.35. The Morgan fingerprint density at radius 1 is 1.78 bits per heavy atom. The third-order valence-corrected chi connectivity index (χ3v) is 1.00. The number of halogens is 1. The summed E-state index contributed by atoms with van der Waals surface area (Å²) in [6, 6.07) is 0. The quantitative estimate of drug-likeness (QED) is 0.621. The summed E-state index contributed by atoms with van der Waals surface area (Å²) in [4.78, 5) is 10.5. The summed E-state index contributed by atoms with van der Waals surface area (Å²) in [7, 11) is 0. The molecular weight excluding hydrogens is 186 g/mol. The smallest absolute Gasteiger partial charge is 0.257 e. The van der Waals surface area contributed by atoms with Crippen LogP contribution in [0, 0.1) is 0 Å². The molecule has 0 aromatic carbocycles. The predicted octanol–water partition coefficient (Wildman–Crippen LogP) is 0.00350. The molecule has 0 aliphatic rings. The van der Waals surface area contributed by atoms with Crippen molar-refractivity contribution in [3.05, 3.63) is 11.1 Å². The molecule has 0 saturated heterocycles. The van der Waals surface area contributed by atoms with Crippen molar-refractivity contribution in [2.45, 2.75) is 0 Å². The third kappa shape index (κ3) is 4.17. The zero-order chi connectivity index (χ0) is 7.28. The Bertz CT molecular complexity index is 124. The minimum Gasteiger partial charge on any atom is -0.395 e. The lowest BCUT2D eigenvalue weighted by atomic mass is 10.5. The fraction of sp³-hybridized carbons (Fsp3) is 0.400. The van der Waals surface area contributed by atoms with Gasteiger partial charge < -0.3 is 10.4 Å². The van der Waals surface area contributed by atoms with Gasteiger partial charge in [0.15, 0.2) is 0 Å². The highest BCUT2D eigenvalue weighted by molar-refractivity contribution is 9.12. The van der Waals surface area contributed by atoms with Crippen molar-refractivity contribution in [1.82, 2.24) is 5.32 Å². The van der Waals surface area contributed by atoms with Crippen LogP contribution in [0.2, 0.25) is 0 Å². The van der Waals surface area contributed by atoms with E-state index in [0.717, 1.165) is 0 Å². The number of hydrogen-bond donors (Lipinski definition) is 2. The standard InChI is InChI=1S/C5H8BrNO2/c1-4(6)5(9)7-2-3-8/h8H,1-3H2,(H,7,9). The first-order valence-electron chi connectivity index (χ1n) is 2.42. The van der Waals surface area contributed by atoms with Crippen LogP contribution in [-0.4, -0.2) is 24.2 Å². The fourth-order valence-corrected chi connectivity index (χ4v) is 0.406. The molecule has 0 bridgehead atoms. The van der Waals surface area contributed by atoms with Gasteiger partial charge in [-0.05, 0) is 15.9 Å². The molecule has 3 nitrogen and oxygen atoms in total. The zero-order valence-electron chi connectivity index (χ0n) is 4.85. The van der Waals surface area contributed by atoms with Gasteiger partial charge in [0.25, 0.3) is 5.91 Å². The van der Waals surface area contributed by atoms with Crippen LogP contribution in [0.25, 0.3) is 0 Å². The van der Waals surface area contributed by atoms with E-state index in [1.807, 2.05) is 0 Å². The van der Waals surface area contributed by atoms with Gasteiger partial charge in [0, 0.05) is 6.54 Å². The third-order valence-electron chi connectivity index (χ3n) is 0.644. The number of rotatable bonds is 3. The highest BCUT2D eigenvalue weighted by atomic mass is 79.9. The summed E-state index contributed by atoms with van der Waals surface area (Å²) in [6.07, 6.45) is 0. The van der Waals surface area contributed by atoms with E-state index >= 15 is 0 Å². The average molecular weight is 194 g/mol. The van der Waals surface area contributed by atoms with Gasteiger partial charge in [-0.15, -0.1) is 0 Å². The highest BCUT2D eigenvalue weighted by Gasteiger charge is 1.99. The van der Waals surface area contributed by atoms with Crippen molar-refractivity contribution >= 4 is 21.8 Å². The Morgan fingerprint density at radius 2 is 2.33 bits per heavy atom. The molecule has 52 valence electrons. The second kappa shape index (κ2) is 4.52. The molecule has 0 fully saturated rings. The first kappa shape index (κ1) is 8.65. The topological polar surface area (TPSA) is 49.3 Å². The lowest BCUT2D eigenvalue weighted by Gasteiger charge is -1.98. The lowest BCUT2D eigenvalue weighted by Crippen LogP contribution is -2.25. The van der Waals surface area contributed by atoms with Crippen LogP contribution in [0.15, 0.2) is 11.1 Å². The fourth-order valence-electron chi connectivity index (χ4n) is 0.265. The summed E-state index contributed by atoms with van der Waals surface area (Å²) in [5.41, 5.74) is 0. The first-order valence-corrected chi connectivity index (χ1v) is 3.21. The highest BCUT2D eigenvalue weighted by Crippen LogP contribution is 1.97. The molecule has 0 spiro atoms. The van der Waals surface area contributed by atoms with Crippen molar-refractivity contribution in [3.63, 3.8) is 0 Å². The maximum Gasteiger partial charge on any atom is 0.257 e. The summed E-state index contributed by atoms with van der Waals surface area (Å²) in [5.74, 6) is -0.288. The number of nitrogens with one attached hydrogen (secondary N) is 1. The molecule has 1 amide bonds. The number of carbonyl (C=O) groups is 1. The SMILES string of the molecule is C=C(Br)C(=O)NCCO. The molecule has 9 heavy (non-hydrogen) atoms. The van der Waals surface area contributed by atoms with Crippen molar-refractivity contribution in [1.29, 1.82) is 0 Å². The molecule has 0 aromatic heterocycles. The molecule has 0 heterocycles. The second-order valence-corrected chi connectivity index (χ2v) is 2.34. The molecule has 0 radical (unpaired) electrons. The van der Waals surface area contributed by atoms with Crippen molar-refractivity contribution in [2.75, 3.05) is 13.2 Å². The molecule has 2 N–H and O–H groups in total. The molecular formula is C5H8BrNO2. The number of hydrogen-bond acceptors (Lipinski definition) is 2. The van der Waals surface area contributed by atoms with Crippen molar-refractivity contribution in [3.8, 4) is 0 Å². The van der Waals surface area contributed by atoms with Gasteiger partial charge >= 0.3 is 0 Å². The van der Waals surface area contributed by atoms with Crippen LogP contribution >= 0.6 is 15.9 Å². The van der Waals surface area contributed by atoms with E-state index in [4.69, 9.17) is 5.11 Å². The molecule has 4 heteroatoms. The molecule has 0 saturated carbocycles. The van der Waals surface area contributed by atoms with Gasteiger partial charge in [0.2, 0.25) is 0 Å². The largest absolute Gasteiger partial charge is 0.395 e. The van der Waals surface area contributed by atoms with Gasteiger partial charge in [-0.25, -0.2) is 0 Å². The minimum atomic E-state index is -0.288.